The van der Waals surface area contributed by atoms with Gasteiger partial charge in [0, 0.05) is 19.0 Å². The van der Waals surface area contributed by atoms with Crippen LogP contribution in [0.4, 0.5) is 0 Å². The molecule has 94 valence electrons. The van der Waals surface area contributed by atoms with Crippen molar-refractivity contribution in [3.05, 3.63) is 35.5 Å². The SMILES string of the molecule is COc1cccc(/C=C2\C(=O)C3CCN2CC3)c1. The molecular formula is C15H17NO2. The summed E-state index contributed by atoms with van der Waals surface area (Å²) in [7, 11) is 1.66. The number of piperidine rings is 3. The van der Waals surface area contributed by atoms with E-state index in [0.29, 0.717) is 5.78 Å². The number of allylic oxidation sites excluding steroid dienone is 1. The van der Waals surface area contributed by atoms with Gasteiger partial charge < -0.3 is 9.64 Å². The van der Waals surface area contributed by atoms with Gasteiger partial charge in [-0.25, -0.2) is 0 Å². The fourth-order valence-electron chi connectivity index (χ4n) is 2.80. The molecule has 0 aliphatic carbocycles. The average molecular weight is 243 g/mol. The summed E-state index contributed by atoms with van der Waals surface area (Å²) in [5.74, 6) is 1.40. The van der Waals surface area contributed by atoms with Gasteiger partial charge in [0.1, 0.15) is 5.75 Å². The minimum absolute atomic E-state index is 0.256. The average Bonchev–Trinajstić information content (AvgIpc) is 2.43. The Labute approximate surface area is 107 Å². The summed E-state index contributed by atoms with van der Waals surface area (Å²) in [4.78, 5) is 14.4. The van der Waals surface area contributed by atoms with Crippen molar-refractivity contribution >= 4 is 11.9 Å². The van der Waals surface area contributed by atoms with Crippen molar-refractivity contribution in [2.45, 2.75) is 12.8 Å². The summed E-state index contributed by atoms with van der Waals surface area (Å²) in [5, 5.41) is 0. The standard InChI is InChI=1S/C15H17NO2/c1-18-13-4-2-3-11(9-13)10-14-15(17)12-5-7-16(14)8-6-12/h2-4,9-10,12H,5-8H2,1H3/b14-10+. The Balaban J connectivity index is 1.93. The Morgan fingerprint density at radius 1 is 1.33 bits per heavy atom. The van der Waals surface area contributed by atoms with Crippen LogP contribution in [0.15, 0.2) is 30.0 Å². The second-order valence-corrected chi connectivity index (χ2v) is 4.93. The van der Waals surface area contributed by atoms with E-state index in [1.807, 2.05) is 30.3 Å². The molecule has 0 saturated carbocycles. The minimum atomic E-state index is 0.256. The lowest BCUT2D eigenvalue weighted by Gasteiger charge is -2.41. The van der Waals surface area contributed by atoms with E-state index in [1.165, 1.54) is 0 Å². The van der Waals surface area contributed by atoms with Crippen LogP contribution in [0, 0.1) is 5.92 Å². The zero-order valence-corrected chi connectivity index (χ0v) is 10.6. The molecule has 0 aromatic heterocycles. The number of methoxy groups -OCH3 is 1. The van der Waals surface area contributed by atoms with Crippen molar-refractivity contribution in [1.82, 2.24) is 4.90 Å². The van der Waals surface area contributed by atoms with E-state index >= 15 is 0 Å². The third-order valence-corrected chi connectivity index (χ3v) is 3.86. The number of Topliss-reactive ketones (excluding diaryl/α,β-unsaturated/α-hetero) is 1. The number of fused-ring (bicyclic) bond motifs is 3. The molecule has 0 radical (unpaired) electrons. The summed E-state index contributed by atoms with van der Waals surface area (Å²) in [6, 6.07) is 7.83. The van der Waals surface area contributed by atoms with Crippen molar-refractivity contribution in [3.63, 3.8) is 0 Å². The van der Waals surface area contributed by atoms with Crippen LogP contribution in [-0.2, 0) is 4.79 Å². The Morgan fingerprint density at radius 2 is 2.11 bits per heavy atom. The summed E-state index contributed by atoms with van der Waals surface area (Å²) < 4.78 is 5.21. The molecule has 3 heteroatoms. The molecule has 1 aromatic carbocycles. The van der Waals surface area contributed by atoms with Crippen molar-refractivity contribution in [1.29, 1.82) is 0 Å². The molecule has 1 aromatic rings. The van der Waals surface area contributed by atoms with E-state index in [2.05, 4.69) is 4.90 Å². The van der Waals surface area contributed by atoms with Crippen molar-refractivity contribution in [2.75, 3.05) is 20.2 Å². The minimum Gasteiger partial charge on any atom is -0.497 e. The second-order valence-electron chi connectivity index (χ2n) is 4.93. The van der Waals surface area contributed by atoms with Crippen LogP contribution < -0.4 is 4.74 Å². The Bertz CT molecular complexity index is 499. The number of rotatable bonds is 2. The van der Waals surface area contributed by atoms with Gasteiger partial charge in [-0.2, -0.15) is 0 Å². The molecule has 2 bridgehead atoms. The molecule has 3 aliphatic heterocycles. The van der Waals surface area contributed by atoms with Crippen LogP contribution in [-0.4, -0.2) is 30.9 Å². The molecular weight excluding hydrogens is 226 g/mol. The Kier molecular flexibility index (Phi) is 2.82. The van der Waals surface area contributed by atoms with E-state index in [9.17, 15) is 4.79 Å². The van der Waals surface area contributed by atoms with Crippen LogP contribution in [0.1, 0.15) is 18.4 Å². The molecule has 18 heavy (non-hydrogen) atoms. The van der Waals surface area contributed by atoms with Crippen molar-refractivity contribution in [2.24, 2.45) is 5.92 Å². The van der Waals surface area contributed by atoms with Gasteiger partial charge in [-0.1, -0.05) is 12.1 Å². The van der Waals surface area contributed by atoms with E-state index in [4.69, 9.17) is 4.74 Å². The van der Waals surface area contributed by atoms with Crippen LogP contribution in [0.25, 0.3) is 6.08 Å². The molecule has 0 N–H and O–H groups in total. The van der Waals surface area contributed by atoms with Gasteiger partial charge >= 0.3 is 0 Å². The van der Waals surface area contributed by atoms with Crippen LogP contribution in [0.5, 0.6) is 5.75 Å². The summed E-state index contributed by atoms with van der Waals surface area (Å²) in [6.45, 7) is 2.04. The molecule has 4 rings (SSSR count). The third kappa shape index (κ3) is 1.90. The molecule has 3 heterocycles. The topological polar surface area (TPSA) is 29.5 Å². The molecule has 3 saturated heterocycles. The smallest absolute Gasteiger partial charge is 0.182 e. The number of ketones is 1. The van der Waals surface area contributed by atoms with Gasteiger partial charge in [0.2, 0.25) is 0 Å². The first-order valence-corrected chi connectivity index (χ1v) is 6.43. The zero-order chi connectivity index (χ0) is 12.5. The van der Waals surface area contributed by atoms with E-state index in [-0.39, 0.29) is 5.92 Å². The van der Waals surface area contributed by atoms with Crippen LogP contribution >= 0.6 is 0 Å². The van der Waals surface area contributed by atoms with Gasteiger partial charge in [0.05, 0.1) is 12.8 Å². The second kappa shape index (κ2) is 4.48. The van der Waals surface area contributed by atoms with Gasteiger partial charge in [0.15, 0.2) is 5.78 Å². The summed E-state index contributed by atoms with van der Waals surface area (Å²) in [6.07, 6.45) is 4.04. The molecule has 0 spiro atoms. The lowest BCUT2D eigenvalue weighted by Crippen LogP contribution is -2.45. The first-order chi connectivity index (χ1) is 8.78. The van der Waals surface area contributed by atoms with E-state index in [0.717, 1.165) is 42.9 Å². The van der Waals surface area contributed by atoms with Crippen molar-refractivity contribution in [3.8, 4) is 5.75 Å². The largest absolute Gasteiger partial charge is 0.497 e. The maximum Gasteiger partial charge on any atom is 0.182 e. The summed E-state index contributed by atoms with van der Waals surface area (Å²) >= 11 is 0. The molecule has 0 atom stereocenters. The van der Waals surface area contributed by atoms with Crippen LogP contribution in [0.3, 0.4) is 0 Å². The molecule has 3 nitrogen and oxygen atoms in total. The Morgan fingerprint density at radius 3 is 2.78 bits per heavy atom. The lowest BCUT2D eigenvalue weighted by molar-refractivity contribution is -0.125. The monoisotopic (exact) mass is 243 g/mol. The third-order valence-electron chi connectivity index (χ3n) is 3.86. The number of hydrogen-bond acceptors (Lipinski definition) is 3. The highest BCUT2D eigenvalue weighted by atomic mass is 16.5. The predicted octanol–water partition coefficient (Wildman–Crippen LogP) is 2.33. The number of benzene rings is 1. The number of ether oxygens (including phenoxy) is 1. The first-order valence-electron chi connectivity index (χ1n) is 6.43. The number of carbonyl (C=O) groups excluding carboxylic acids is 1. The molecule has 0 amide bonds. The molecule has 0 unspecified atom stereocenters. The van der Waals surface area contributed by atoms with Gasteiger partial charge in [-0.15, -0.1) is 0 Å². The molecule has 3 aliphatic rings. The maximum atomic E-state index is 12.2. The zero-order valence-electron chi connectivity index (χ0n) is 10.6. The summed E-state index contributed by atoms with van der Waals surface area (Å²) in [5.41, 5.74) is 1.91. The van der Waals surface area contributed by atoms with Gasteiger partial charge in [-0.05, 0) is 36.6 Å². The quantitative estimate of drug-likeness (QED) is 0.747. The number of hydrogen-bond donors (Lipinski definition) is 0. The van der Waals surface area contributed by atoms with Gasteiger partial charge in [-0.3, -0.25) is 4.79 Å². The van der Waals surface area contributed by atoms with Gasteiger partial charge in [0.25, 0.3) is 0 Å². The van der Waals surface area contributed by atoms with Crippen LogP contribution in [0.2, 0.25) is 0 Å². The number of carbonyl (C=O) groups is 1. The normalized spacial score (nSPS) is 21.7. The predicted molar refractivity (Wildman–Crippen MR) is 70.3 cm³/mol. The van der Waals surface area contributed by atoms with E-state index < -0.39 is 0 Å². The highest BCUT2D eigenvalue weighted by molar-refractivity contribution is 6.01. The number of nitrogens with zero attached hydrogens (tertiary/aromatic N) is 1. The maximum absolute atomic E-state index is 12.2. The fraction of sp³-hybridized carbons (Fsp3) is 0.400. The van der Waals surface area contributed by atoms with E-state index in [1.54, 1.807) is 7.11 Å². The Hall–Kier alpha value is -1.77. The fourth-order valence-corrected chi connectivity index (χ4v) is 2.80. The highest BCUT2D eigenvalue weighted by Crippen LogP contribution is 2.32. The first kappa shape index (κ1) is 11.3. The lowest BCUT2D eigenvalue weighted by atomic mass is 9.84. The van der Waals surface area contributed by atoms with Crippen molar-refractivity contribution < 1.29 is 9.53 Å². The highest BCUT2D eigenvalue weighted by Gasteiger charge is 2.36. The molecule has 3 fully saturated rings.